The predicted octanol–water partition coefficient (Wildman–Crippen LogP) is 4.66. The first-order valence-electron chi connectivity index (χ1n) is 7.04. The van der Waals surface area contributed by atoms with Crippen molar-refractivity contribution in [3.63, 3.8) is 0 Å². The normalized spacial score (nSPS) is 11.1. The van der Waals surface area contributed by atoms with E-state index in [0.717, 1.165) is 10.2 Å². The first-order valence-corrected chi connectivity index (χ1v) is 8.21. The quantitative estimate of drug-likeness (QED) is 0.502. The van der Waals surface area contributed by atoms with E-state index in [0.29, 0.717) is 21.4 Å². The van der Waals surface area contributed by atoms with E-state index in [1.807, 2.05) is 30.3 Å². The number of nitrogens with zero attached hydrogens (tertiary/aromatic N) is 3. The molecule has 0 aliphatic rings. The van der Waals surface area contributed by atoms with E-state index in [9.17, 15) is 4.79 Å². The third-order valence-corrected chi connectivity index (χ3v) is 4.05. The van der Waals surface area contributed by atoms with Gasteiger partial charge in [-0.3, -0.25) is 9.89 Å². The van der Waals surface area contributed by atoms with Gasteiger partial charge in [-0.2, -0.15) is 4.68 Å². The molecule has 3 aromatic rings. The Morgan fingerprint density at radius 1 is 1.12 bits per heavy atom. The molecule has 0 fully saturated rings. The van der Waals surface area contributed by atoms with Crippen LogP contribution in [0.3, 0.4) is 0 Å². The van der Waals surface area contributed by atoms with E-state index in [2.05, 4.69) is 15.3 Å². The highest BCUT2D eigenvalue weighted by molar-refractivity contribution is 7.80. The van der Waals surface area contributed by atoms with Crippen LogP contribution in [0.25, 0.3) is 11.3 Å². The van der Waals surface area contributed by atoms with Gasteiger partial charge in [0.05, 0.1) is 10.7 Å². The van der Waals surface area contributed by atoms with E-state index < -0.39 is 5.56 Å². The smallest absolute Gasteiger partial charge is 0.301 e. The molecule has 0 spiro atoms. The van der Waals surface area contributed by atoms with Gasteiger partial charge in [0.1, 0.15) is 5.69 Å². The number of halogens is 2. The molecule has 1 heterocycles. The predicted molar refractivity (Wildman–Crippen MR) is 103 cm³/mol. The largest absolute Gasteiger partial charge is 0.374 e. The van der Waals surface area contributed by atoms with Gasteiger partial charge in [0.2, 0.25) is 0 Å². The van der Waals surface area contributed by atoms with Crippen molar-refractivity contribution in [1.82, 2.24) is 9.78 Å². The molecule has 0 bridgehead atoms. The number of aromatic amines is 1. The minimum absolute atomic E-state index is 0.0649. The van der Waals surface area contributed by atoms with Gasteiger partial charge in [0.15, 0.2) is 10.8 Å². The topological polar surface area (TPSA) is 88.5 Å². The fourth-order valence-electron chi connectivity index (χ4n) is 2.15. The summed E-state index contributed by atoms with van der Waals surface area (Å²) >= 11 is 16.9. The molecule has 0 saturated carbocycles. The SMILES string of the molecule is NC(=S)n1[nH]c(-c2ccccc2)c(N=Nc2cc(Cl)ccc2Cl)c1=O. The Bertz CT molecular complexity index is 1030. The average molecular weight is 392 g/mol. The van der Waals surface area contributed by atoms with Crippen LogP contribution in [0.1, 0.15) is 0 Å². The molecule has 0 unspecified atom stereocenters. The molecule has 0 saturated heterocycles. The lowest BCUT2D eigenvalue weighted by molar-refractivity contribution is 0.910. The highest BCUT2D eigenvalue weighted by atomic mass is 35.5. The Labute approximate surface area is 157 Å². The molecule has 3 N–H and O–H groups in total. The molecule has 0 radical (unpaired) electrons. The maximum Gasteiger partial charge on any atom is 0.301 e. The van der Waals surface area contributed by atoms with Crippen LogP contribution in [0.5, 0.6) is 0 Å². The molecule has 0 atom stereocenters. The monoisotopic (exact) mass is 391 g/mol. The van der Waals surface area contributed by atoms with Crippen LogP contribution in [0.2, 0.25) is 10.0 Å². The van der Waals surface area contributed by atoms with Crippen molar-refractivity contribution in [3.8, 4) is 11.3 Å². The second-order valence-corrected chi connectivity index (χ2v) is 6.24. The number of nitrogens with two attached hydrogens (primary N) is 1. The first-order chi connectivity index (χ1) is 12.0. The Kier molecular flexibility index (Phi) is 4.98. The van der Waals surface area contributed by atoms with Crippen LogP contribution in [-0.4, -0.2) is 14.9 Å². The zero-order chi connectivity index (χ0) is 18.0. The number of thiocarbonyl (C=S) groups is 1. The summed E-state index contributed by atoms with van der Waals surface area (Å²) in [5.41, 5.74) is 6.66. The zero-order valence-corrected chi connectivity index (χ0v) is 14.9. The molecule has 3 rings (SSSR count). The average Bonchev–Trinajstić information content (AvgIpc) is 2.93. The van der Waals surface area contributed by atoms with Crippen molar-refractivity contribution >= 4 is 51.9 Å². The molecule has 126 valence electrons. The van der Waals surface area contributed by atoms with Crippen LogP contribution in [-0.2, 0) is 0 Å². The van der Waals surface area contributed by atoms with E-state index >= 15 is 0 Å². The molecule has 1 aromatic heterocycles. The van der Waals surface area contributed by atoms with Crippen molar-refractivity contribution in [2.45, 2.75) is 0 Å². The third-order valence-electron chi connectivity index (χ3n) is 3.31. The Morgan fingerprint density at radius 3 is 2.52 bits per heavy atom. The Hall–Kier alpha value is -2.48. The Balaban J connectivity index is 2.15. The number of H-pyrrole nitrogens is 1. The van der Waals surface area contributed by atoms with Gasteiger partial charge in [0, 0.05) is 10.6 Å². The highest BCUT2D eigenvalue weighted by Crippen LogP contribution is 2.31. The van der Waals surface area contributed by atoms with E-state index in [-0.39, 0.29) is 10.8 Å². The van der Waals surface area contributed by atoms with E-state index in [1.54, 1.807) is 18.2 Å². The molecule has 0 amide bonds. The summed E-state index contributed by atoms with van der Waals surface area (Å²) < 4.78 is 1.03. The van der Waals surface area contributed by atoms with Crippen LogP contribution >= 0.6 is 35.4 Å². The number of hydrogen-bond acceptors (Lipinski definition) is 4. The van der Waals surface area contributed by atoms with Gasteiger partial charge in [-0.15, -0.1) is 10.2 Å². The van der Waals surface area contributed by atoms with Gasteiger partial charge in [-0.1, -0.05) is 53.5 Å². The van der Waals surface area contributed by atoms with Gasteiger partial charge >= 0.3 is 5.56 Å². The minimum atomic E-state index is -0.506. The molecule has 0 aliphatic heterocycles. The van der Waals surface area contributed by atoms with Gasteiger partial charge in [-0.05, 0) is 30.4 Å². The van der Waals surface area contributed by atoms with Crippen molar-refractivity contribution in [2.24, 2.45) is 16.0 Å². The van der Waals surface area contributed by atoms with Gasteiger partial charge in [0.25, 0.3) is 0 Å². The third kappa shape index (κ3) is 3.63. The van der Waals surface area contributed by atoms with Crippen molar-refractivity contribution in [2.75, 3.05) is 0 Å². The molecule has 6 nitrogen and oxygen atoms in total. The molecule has 0 aliphatic carbocycles. The van der Waals surface area contributed by atoms with Crippen LogP contribution in [0.15, 0.2) is 63.6 Å². The van der Waals surface area contributed by atoms with Crippen LogP contribution < -0.4 is 11.3 Å². The summed E-state index contributed by atoms with van der Waals surface area (Å²) in [4.78, 5) is 12.5. The lowest BCUT2D eigenvalue weighted by Gasteiger charge is -1.99. The molecule has 9 heteroatoms. The molecule has 2 aromatic carbocycles. The maximum atomic E-state index is 12.5. The van der Waals surface area contributed by atoms with E-state index in [1.165, 1.54) is 0 Å². The van der Waals surface area contributed by atoms with Gasteiger partial charge < -0.3 is 5.73 Å². The number of azo groups is 1. The maximum absolute atomic E-state index is 12.5. The van der Waals surface area contributed by atoms with Gasteiger partial charge in [-0.25, -0.2) is 0 Å². The number of benzene rings is 2. The van der Waals surface area contributed by atoms with Crippen molar-refractivity contribution < 1.29 is 0 Å². The van der Waals surface area contributed by atoms with Crippen LogP contribution in [0, 0.1) is 0 Å². The van der Waals surface area contributed by atoms with E-state index in [4.69, 9.17) is 41.2 Å². The summed E-state index contributed by atoms with van der Waals surface area (Å²) in [6, 6.07) is 13.9. The summed E-state index contributed by atoms with van der Waals surface area (Å²) in [5.74, 6) is 0. The lowest BCUT2D eigenvalue weighted by atomic mass is 10.1. The molecular formula is C16H11Cl2N5OS. The first kappa shape index (κ1) is 17.3. The summed E-state index contributed by atoms with van der Waals surface area (Å²) in [5, 5.41) is 11.7. The molecule has 25 heavy (non-hydrogen) atoms. The zero-order valence-electron chi connectivity index (χ0n) is 12.6. The number of hydrogen-bond donors (Lipinski definition) is 2. The summed E-state index contributed by atoms with van der Waals surface area (Å²) in [6.07, 6.45) is 0. The fraction of sp³-hybridized carbons (Fsp3) is 0. The summed E-state index contributed by atoms with van der Waals surface area (Å²) in [6.45, 7) is 0. The highest BCUT2D eigenvalue weighted by Gasteiger charge is 2.17. The number of aromatic nitrogens is 2. The minimum Gasteiger partial charge on any atom is -0.374 e. The van der Waals surface area contributed by atoms with Crippen LogP contribution in [0.4, 0.5) is 11.4 Å². The number of rotatable bonds is 3. The Morgan fingerprint density at radius 2 is 1.84 bits per heavy atom. The summed E-state index contributed by atoms with van der Waals surface area (Å²) in [7, 11) is 0. The second-order valence-electron chi connectivity index (χ2n) is 4.98. The molecular weight excluding hydrogens is 381 g/mol. The number of nitrogens with one attached hydrogen (secondary N) is 1. The van der Waals surface area contributed by atoms with Crippen molar-refractivity contribution in [3.05, 3.63) is 68.9 Å². The standard InChI is InChI=1S/C16H11Cl2N5OS/c17-10-6-7-11(18)12(8-10)20-21-14-13(9-4-2-1-3-5-9)22-23(15(14)24)16(19)25/h1-8,22H,(H2,19,25). The van der Waals surface area contributed by atoms with Crippen molar-refractivity contribution in [1.29, 1.82) is 0 Å². The fourth-order valence-corrected chi connectivity index (χ4v) is 2.60. The lowest BCUT2D eigenvalue weighted by Crippen LogP contribution is -2.29. The second kappa shape index (κ2) is 7.18.